The van der Waals surface area contributed by atoms with Crippen molar-refractivity contribution in [3.05, 3.63) is 47.1 Å². The lowest BCUT2D eigenvalue weighted by Crippen LogP contribution is -2.44. The minimum atomic E-state index is -0.544. The van der Waals surface area contributed by atoms with E-state index in [0.29, 0.717) is 33.3 Å². The zero-order chi connectivity index (χ0) is 27.7. The highest BCUT2D eigenvalue weighted by Crippen LogP contribution is 2.41. The fourth-order valence-corrected chi connectivity index (χ4v) is 5.58. The van der Waals surface area contributed by atoms with Crippen molar-refractivity contribution < 1.29 is 14.3 Å². The monoisotopic (exact) mass is 547 g/mol. The molecular weight excluding hydrogens is 514 g/mol. The van der Waals surface area contributed by atoms with Gasteiger partial charge in [0.05, 0.1) is 35.3 Å². The number of nitrogens with one attached hydrogen (secondary N) is 1. The molecule has 3 aromatic heterocycles. The van der Waals surface area contributed by atoms with Gasteiger partial charge in [0.1, 0.15) is 10.6 Å². The first-order valence-corrected chi connectivity index (χ1v) is 13.7. The second-order valence-electron chi connectivity index (χ2n) is 9.85. The second kappa shape index (κ2) is 11.0. The van der Waals surface area contributed by atoms with Crippen LogP contribution in [0.1, 0.15) is 29.2 Å². The number of methoxy groups -OCH3 is 1. The smallest absolute Gasteiger partial charge is 0.259 e. The van der Waals surface area contributed by atoms with E-state index in [9.17, 15) is 4.79 Å². The van der Waals surface area contributed by atoms with Gasteiger partial charge in [-0.05, 0) is 52.1 Å². The summed E-state index contributed by atoms with van der Waals surface area (Å²) in [5, 5.41) is 3.33. The molecule has 1 aliphatic rings. The minimum absolute atomic E-state index is 0.0141. The van der Waals surface area contributed by atoms with Crippen molar-refractivity contribution in [2.24, 2.45) is 5.73 Å². The molecule has 1 fully saturated rings. The number of nitrogens with zero attached hydrogens (tertiary/aromatic N) is 5. The summed E-state index contributed by atoms with van der Waals surface area (Å²) in [6, 6.07) is 9.88. The number of aryl methyl sites for hydroxylation is 1. The lowest BCUT2D eigenvalue weighted by atomic mass is 10.1. The maximum Gasteiger partial charge on any atom is 0.259 e. The zero-order valence-corrected chi connectivity index (χ0v) is 23.6. The van der Waals surface area contributed by atoms with Gasteiger partial charge in [-0.3, -0.25) is 4.79 Å². The van der Waals surface area contributed by atoms with E-state index in [0.717, 1.165) is 53.7 Å². The van der Waals surface area contributed by atoms with Crippen LogP contribution in [-0.4, -0.2) is 72.2 Å². The van der Waals surface area contributed by atoms with Crippen LogP contribution >= 0.6 is 11.3 Å². The summed E-state index contributed by atoms with van der Waals surface area (Å²) in [5.41, 5.74) is 10.3. The summed E-state index contributed by atoms with van der Waals surface area (Å²) in [7, 11) is 3.69. The highest BCUT2D eigenvalue weighted by Gasteiger charge is 2.24. The average Bonchev–Trinajstić information content (AvgIpc) is 3.29. The van der Waals surface area contributed by atoms with E-state index in [-0.39, 0.29) is 6.10 Å². The van der Waals surface area contributed by atoms with Crippen LogP contribution in [0.5, 0.6) is 11.6 Å². The van der Waals surface area contributed by atoms with Gasteiger partial charge in [-0.2, -0.15) is 0 Å². The Labute approximate surface area is 231 Å². The molecule has 0 saturated carbocycles. The number of likely N-dealkylation sites (N-methyl/N-ethyl adjacent to an activating group) is 1. The number of carbonyl (C=O) groups excluding carboxylic acids is 1. The van der Waals surface area contributed by atoms with Crippen molar-refractivity contribution >= 4 is 44.8 Å². The molecule has 0 atom stereocenters. The molecule has 1 aliphatic heterocycles. The number of aromatic nitrogens is 3. The quantitative estimate of drug-likeness (QED) is 0.330. The van der Waals surface area contributed by atoms with Gasteiger partial charge in [0.2, 0.25) is 11.8 Å². The lowest BCUT2D eigenvalue weighted by molar-refractivity contribution is 0.100. The molecule has 3 N–H and O–H groups in total. The number of fused-ring (bicyclic) bond motifs is 1. The molecule has 4 aromatic rings. The van der Waals surface area contributed by atoms with Gasteiger partial charge >= 0.3 is 0 Å². The Hall–Kier alpha value is -3.96. The highest BCUT2D eigenvalue weighted by molar-refractivity contribution is 7.21. The van der Waals surface area contributed by atoms with E-state index in [1.807, 2.05) is 39.0 Å². The maximum absolute atomic E-state index is 12.4. The molecular formula is C28H33N7O3S. The van der Waals surface area contributed by atoms with Crippen molar-refractivity contribution in [1.82, 2.24) is 19.9 Å². The predicted octanol–water partition coefficient (Wildman–Crippen LogP) is 4.45. The number of primary amides is 1. The number of nitrogens with two attached hydrogens (primary N) is 1. The lowest BCUT2D eigenvalue weighted by Gasteiger charge is -2.34. The molecule has 0 aliphatic carbocycles. The second-order valence-corrected chi connectivity index (χ2v) is 10.9. The number of carbonyl (C=O) groups is 1. The standard InChI is InChI=1S/C28H33N7O3S/c1-16(2)38-21-14-18(35-12-10-34(4)11-13-35)7-9-20(21)32-28-30-15-22-24(33-28)23(25(39-22)26(29)36)19-8-6-17(3)31-27(19)37-5/h6-9,14-16H,10-13H2,1-5H3,(H2,29,36)(H,30,32,33). The Bertz CT molecular complexity index is 1510. The van der Waals surface area contributed by atoms with Crippen LogP contribution < -0.4 is 25.4 Å². The summed E-state index contributed by atoms with van der Waals surface area (Å²) >= 11 is 1.25. The number of benzene rings is 1. The number of ether oxygens (including phenoxy) is 2. The molecule has 5 rings (SSSR count). The summed E-state index contributed by atoms with van der Waals surface area (Å²) in [4.78, 5) is 31.3. The van der Waals surface area contributed by atoms with Crippen LogP contribution in [-0.2, 0) is 0 Å². The summed E-state index contributed by atoms with van der Waals surface area (Å²) in [6.07, 6.45) is 1.68. The number of hydrogen-bond acceptors (Lipinski definition) is 10. The molecule has 0 bridgehead atoms. The molecule has 10 nitrogen and oxygen atoms in total. The third-order valence-electron chi connectivity index (χ3n) is 6.56. The number of amides is 1. The third-order valence-corrected chi connectivity index (χ3v) is 7.69. The number of pyridine rings is 1. The van der Waals surface area contributed by atoms with Gasteiger partial charge in [-0.15, -0.1) is 11.3 Å². The van der Waals surface area contributed by atoms with Crippen molar-refractivity contribution in [2.45, 2.75) is 26.9 Å². The third kappa shape index (κ3) is 5.59. The van der Waals surface area contributed by atoms with Gasteiger partial charge in [0, 0.05) is 54.8 Å². The SMILES string of the molecule is COc1nc(C)ccc1-c1c(C(N)=O)sc2cnc(Nc3ccc(N4CCN(C)CC4)cc3OC(C)C)nc12. The molecule has 11 heteroatoms. The van der Waals surface area contributed by atoms with Crippen LogP contribution in [0.2, 0.25) is 0 Å². The minimum Gasteiger partial charge on any atom is -0.489 e. The van der Waals surface area contributed by atoms with Gasteiger partial charge in [-0.1, -0.05) is 0 Å². The van der Waals surface area contributed by atoms with Crippen LogP contribution in [0.3, 0.4) is 0 Å². The molecule has 204 valence electrons. The van der Waals surface area contributed by atoms with Crippen LogP contribution in [0.4, 0.5) is 17.3 Å². The fourth-order valence-electron chi connectivity index (χ4n) is 4.60. The topological polar surface area (TPSA) is 119 Å². The van der Waals surface area contributed by atoms with E-state index >= 15 is 0 Å². The Balaban J connectivity index is 1.54. The summed E-state index contributed by atoms with van der Waals surface area (Å²) in [5.74, 6) is 0.949. The molecule has 4 heterocycles. The maximum atomic E-state index is 12.4. The van der Waals surface area contributed by atoms with Gasteiger partial charge in [-0.25, -0.2) is 15.0 Å². The number of anilines is 3. The van der Waals surface area contributed by atoms with Crippen molar-refractivity contribution in [3.63, 3.8) is 0 Å². The van der Waals surface area contributed by atoms with E-state index < -0.39 is 5.91 Å². The van der Waals surface area contributed by atoms with Gasteiger partial charge < -0.3 is 30.3 Å². The summed E-state index contributed by atoms with van der Waals surface area (Å²) in [6.45, 7) is 9.84. The molecule has 1 amide bonds. The first kappa shape index (κ1) is 26.6. The Morgan fingerprint density at radius 1 is 1.13 bits per heavy atom. The normalized spacial score (nSPS) is 14.2. The predicted molar refractivity (Wildman–Crippen MR) is 156 cm³/mol. The van der Waals surface area contributed by atoms with Crippen molar-refractivity contribution in [2.75, 3.05) is 50.6 Å². The van der Waals surface area contributed by atoms with Crippen LogP contribution in [0, 0.1) is 6.92 Å². The first-order valence-electron chi connectivity index (χ1n) is 12.9. The Morgan fingerprint density at radius 3 is 2.59 bits per heavy atom. The van der Waals surface area contributed by atoms with Crippen LogP contribution in [0.15, 0.2) is 36.5 Å². The molecule has 0 radical (unpaired) electrons. The number of rotatable bonds is 8. The zero-order valence-electron chi connectivity index (χ0n) is 22.8. The van der Waals surface area contributed by atoms with Crippen molar-refractivity contribution in [3.8, 4) is 22.8 Å². The molecule has 1 aromatic carbocycles. The number of hydrogen-bond donors (Lipinski definition) is 2. The largest absolute Gasteiger partial charge is 0.489 e. The van der Waals surface area contributed by atoms with Crippen LogP contribution in [0.25, 0.3) is 21.3 Å². The summed E-state index contributed by atoms with van der Waals surface area (Å²) < 4.78 is 12.5. The van der Waals surface area contributed by atoms with E-state index in [4.69, 9.17) is 20.2 Å². The molecule has 0 spiro atoms. The van der Waals surface area contributed by atoms with E-state index in [2.05, 4.69) is 44.3 Å². The number of piperazine rings is 1. The average molecular weight is 548 g/mol. The van der Waals surface area contributed by atoms with E-state index in [1.54, 1.807) is 13.3 Å². The molecule has 0 unspecified atom stereocenters. The molecule has 39 heavy (non-hydrogen) atoms. The fraction of sp³-hybridized carbons (Fsp3) is 0.357. The van der Waals surface area contributed by atoms with Crippen molar-refractivity contribution in [1.29, 1.82) is 0 Å². The van der Waals surface area contributed by atoms with E-state index in [1.165, 1.54) is 11.3 Å². The first-order chi connectivity index (χ1) is 18.7. The highest BCUT2D eigenvalue weighted by atomic mass is 32.1. The van der Waals surface area contributed by atoms with Gasteiger partial charge in [0.25, 0.3) is 5.91 Å². The number of thiophene rings is 1. The Morgan fingerprint density at radius 2 is 1.90 bits per heavy atom. The Kier molecular flexibility index (Phi) is 7.53. The van der Waals surface area contributed by atoms with Gasteiger partial charge in [0.15, 0.2) is 0 Å². The molecule has 1 saturated heterocycles.